The molecular weight excluding hydrogens is 438 g/mol. The summed E-state index contributed by atoms with van der Waals surface area (Å²) in [7, 11) is 0. The van der Waals surface area contributed by atoms with E-state index in [0.717, 1.165) is 0 Å². The van der Waals surface area contributed by atoms with E-state index in [1.165, 1.54) is 0 Å². The van der Waals surface area contributed by atoms with Gasteiger partial charge in [0, 0.05) is 6.42 Å². The second kappa shape index (κ2) is 13.5. The summed E-state index contributed by atoms with van der Waals surface area (Å²) < 4.78 is 0. The summed E-state index contributed by atoms with van der Waals surface area (Å²) in [5.74, 6) is -9.11. The molecule has 0 aromatic rings. The predicted octanol–water partition coefficient (Wildman–Crippen LogP) is -4.94. The molecule has 0 aromatic heterocycles. The number of amides is 4. The molecule has 0 aliphatic rings. The number of aliphatic hydroxyl groups excluding tert-OH is 1. The quantitative estimate of drug-likeness (QED) is 0.110. The molecule has 32 heavy (non-hydrogen) atoms. The Balaban J connectivity index is 5.58. The molecule has 16 heteroatoms. The molecule has 180 valence electrons. The van der Waals surface area contributed by atoms with Crippen LogP contribution >= 0.6 is 0 Å². The number of rotatable bonds is 15. The standard InChI is InChI=1S/C16H25N5O11/c17-6(5-22)13(28)20-8(3-11(24)25)15(30)19-7(1-2-10(18)23)14(29)21-9(16(31)32)4-12(26)27/h6-9,22H,1-5,17H2,(H2,18,23)(H,19,30)(H,20,28)(H,21,29)(H,24,25)(H,26,27)(H,31,32). The van der Waals surface area contributed by atoms with Crippen molar-refractivity contribution in [3.63, 3.8) is 0 Å². The summed E-state index contributed by atoms with van der Waals surface area (Å²) in [4.78, 5) is 80.7. The highest BCUT2D eigenvalue weighted by molar-refractivity contribution is 5.96. The molecule has 4 unspecified atom stereocenters. The van der Waals surface area contributed by atoms with Gasteiger partial charge in [-0.3, -0.25) is 28.8 Å². The molecule has 0 saturated carbocycles. The van der Waals surface area contributed by atoms with Crippen LogP contribution in [-0.4, -0.2) is 92.7 Å². The molecule has 0 aliphatic heterocycles. The summed E-state index contributed by atoms with van der Waals surface area (Å²) in [5, 5.41) is 41.5. The third-order valence-corrected chi connectivity index (χ3v) is 3.85. The molecule has 0 fully saturated rings. The highest BCUT2D eigenvalue weighted by Crippen LogP contribution is 2.03. The molecule has 0 aromatic carbocycles. The van der Waals surface area contributed by atoms with Crippen LogP contribution in [0.2, 0.25) is 0 Å². The highest BCUT2D eigenvalue weighted by Gasteiger charge is 2.32. The van der Waals surface area contributed by atoms with Crippen LogP contribution in [0.5, 0.6) is 0 Å². The van der Waals surface area contributed by atoms with Crippen molar-refractivity contribution in [2.24, 2.45) is 11.5 Å². The van der Waals surface area contributed by atoms with Crippen LogP contribution in [0.1, 0.15) is 25.7 Å². The zero-order valence-electron chi connectivity index (χ0n) is 16.6. The molecule has 4 amide bonds. The Bertz CT molecular complexity index is 757. The zero-order chi connectivity index (χ0) is 25.0. The van der Waals surface area contributed by atoms with Gasteiger partial charge in [-0.05, 0) is 6.42 Å². The first kappa shape index (κ1) is 28.2. The van der Waals surface area contributed by atoms with Crippen LogP contribution in [0.25, 0.3) is 0 Å². The lowest BCUT2D eigenvalue weighted by molar-refractivity contribution is -0.147. The largest absolute Gasteiger partial charge is 0.481 e. The van der Waals surface area contributed by atoms with Gasteiger partial charge < -0.3 is 47.8 Å². The molecule has 0 rings (SSSR count). The van der Waals surface area contributed by atoms with Crippen LogP contribution in [0, 0.1) is 0 Å². The van der Waals surface area contributed by atoms with Gasteiger partial charge in [0.1, 0.15) is 24.2 Å². The number of carbonyl (C=O) groups excluding carboxylic acids is 4. The topological polar surface area (TPSA) is 289 Å². The van der Waals surface area contributed by atoms with E-state index >= 15 is 0 Å². The smallest absolute Gasteiger partial charge is 0.326 e. The van der Waals surface area contributed by atoms with Gasteiger partial charge in [0.15, 0.2) is 0 Å². The number of carboxylic acid groups (broad SMARTS) is 3. The van der Waals surface area contributed by atoms with Crippen molar-refractivity contribution in [1.82, 2.24) is 16.0 Å². The normalized spacial score (nSPS) is 14.2. The molecule has 0 saturated heterocycles. The van der Waals surface area contributed by atoms with Crippen molar-refractivity contribution >= 4 is 41.5 Å². The van der Waals surface area contributed by atoms with Crippen LogP contribution in [0.15, 0.2) is 0 Å². The number of carbonyl (C=O) groups is 7. The first-order valence-electron chi connectivity index (χ1n) is 9.00. The van der Waals surface area contributed by atoms with E-state index in [-0.39, 0.29) is 0 Å². The average Bonchev–Trinajstić information content (AvgIpc) is 2.67. The molecular formula is C16H25N5O11. The Morgan fingerprint density at radius 3 is 1.59 bits per heavy atom. The van der Waals surface area contributed by atoms with Crippen LogP contribution in [-0.2, 0) is 33.6 Å². The number of hydrogen-bond donors (Lipinski definition) is 9. The van der Waals surface area contributed by atoms with Gasteiger partial charge in [0.2, 0.25) is 23.6 Å². The van der Waals surface area contributed by atoms with Crippen molar-refractivity contribution in [3.05, 3.63) is 0 Å². The maximum absolute atomic E-state index is 12.5. The maximum Gasteiger partial charge on any atom is 0.326 e. The van der Waals surface area contributed by atoms with E-state index in [9.17, 15) is 33.6 Å². The number of aliphatic carboxylic acids is 3. The molecule has 0 aliphatic carbocycles. The molecule has 0 spiro atoms. The first-order chi connectivity index (χ1) is 14.8. The number of primary amides is 1. The van der Waals surface area contributed by atoms with E-state index in [2.05, 4.69) is 5.32 Å². The van der Waals surface area contributed by atoms with Gasteiger partial charge in [-0.25, -0.2) is 4.79 Å². The average molecular weight is 463 g/mol. The van der Waals surface area contributed by atoms with E-state index < -0.39 is 98.0 Å². The Labute approximate surface area is 180 Å². The van der Waals surface area contributed by atoms with Crippen molar-refractivity contribution < 1.29 is 54.0 Å². The van der Waals surface area contributed by atoms with Crippen molar-refractivity contribution in [1.29, 1.82) is 0 Å². The molecule has 16 nitrogen and oxygen atoms in total. The molecule has 0 radical (unpaired) electrons. The Hall–Kier alpha value is -3.79. The summed E-state index contributed by atoms with van der Waals surface area (Å²) in [6.07, 6.45) is -2.85. The third-order valence-electron chi connectivity index (χ3n) is 3.85. The van der Waals surface area contributed by atoms with Crippen molar-refractivity contribution in [2.75, 3.05) is 6.61 Å². The number of nitrogens with one attached hydrogen (secondary N) is 3. The van der Waals surface area contributed by atoms with Gasteiger partial charge >= 0.3 is 17.9 Å². The Morgan fingerprint density at radius 1 is 0.719 bits per heavy atom. The van der Waals surface area contributed by atoms with Gasteiger partial charge in [-0.1, -0.05) is 0 Å². The monoisotopic (exact) mass is 463 g/mol. The fraction of sp³-hybridized carbons (Fsp3) is 0.562. The van der Waals surface area contributed by atoms with Crippen LogP contribution < -0.4 is 27.4 Å². The molecule has 0 heterocycles. The third kappa shape index (κ3) is 10.8. The van der Waals surface area contributed by atoms with Gasteiger partial charge in [0.25, 0.3) is 0 Å². The van der Waals surface area contributed by atoms with Gasteiger partial charge in [-0.15, -0.1) is 0 Å². The number of nitrogens with two attached hydrogens (primary N) is 2. The Morgan fingerprint density at radius 2 is 1.16 bits per heavy atom. The summed E-state index contributed by atoms with van der Waals surface area (Å²) in [5.41, 5.74) is 10.3. The predicted molar refractivity (Wildman–Crippen MR) is 101 cm³/mol. The molecule has 0 bridgehead atoms. The summed E-state index contributed by atoms with van der Waals surface area (Å²) >= 11 is 0. The van der Waals surface area contributed by atoms with E-state index in [0.29, 0.717) is 0 Å². The fourth-order valence-corrected chi connectivity index (χ4v) is 2.22. The van der Waals surface area contributed by atoms with Crippen molar-refractivity contribution in [3.8, 4) is 0 Å². The minimum atomic E-state index is -1.87. The van der Waals surface area contributed by atoms with Gasteiger partial charge in [-0.2, -0.15) is 0 Å². The van der Waals surface area contributed by atoms with E-state index in [1.807, 2.05) is 10.6 Å². The minimum absolute atomic E-state index is 0.448. The van der Waals surface area contributed by atoms with E-state index in [1.54, 1.807) is 0 Å². The molecule has 11 N–H and O–H groups in total. The van der Waals surface area contributed by atoms with Crippen LogP contribution in [0.3, 0.4) is 0 Å². The summed E-state index contributed by atoms with van der Waals surface area (Å²) in [6.45, 7) is -0.808. The lowest BCUT2D eigenvalue weighted by Crippen LogP contribution is -2.58. The lowest BCUT2D eigenvalue weighted by atomic mass is 10.1. The maximum atomic E-state index is 12.5. The fourth-order valence-electron chi connectivity index (χ4n) is 2.22. The zero-order valence-corrected chi connectivity index (χ0v) is 16.6. The lowest BCUT2D eigenvalue weighted by Gasteiger charge is -2.24. The molecule has 4 atom stereocenters. The van der Waals surface area contributed by atoms with Crippen molar-refractivity contribution in [2.45, 2.75) is 49.9 Å². The summed E-state index contributed by atoms with van der Waals surface area (Å²) in [6, 6.07) is -6.73. The second-order valence-electron chi connectivity index (χ2n) is 6.51. The SMILES string of the molecule is NC(=O)CCC(NC(=O)C(CC(=O)O)NC(=O)C(N)CO)C(=O)NC(CC(=O)O)C(=O)O. The number of hydrogen-bond acceptors (Lipinski definition) is 9. The van der Waals surface area contributed by atoms with Crippen LogP contribution in [0.4, 0.5) is 0 Å². The first-order valence-corrected chi connectivity index (χ1v) is 9.00. The highest BCUT2D eigenvalue weighted by atomic mass is 16.4. The Kier molecular flexibility index (Phi) is 11.9. The van der Waals surface area contributed by atoms with Gasteiger partial charge in [0.05, 0.1) is 19.4 Å². The van der Waals surface area contributed by atoms with E-state index in [4.69, 9.17) is 31.9 Å². The second-order valence-corrected chi connectivity index (χ2v) is 6.51. The number of aliphatic hydroxyl groups is 1. The minimum Gasteiger partial charge on any atom is -0.481 e. The number of carboxylic acids is 3.